The molecule has 3 aromatic carbocycles. The van der Waals surface area contributed by atoms with E-state index in [1.54, 1.807) is 12.1 Å². The Morgan fingerprint density at radius 1 is 1.03 bits per heavy atom. The van der Waals surface area contributed by atoms with Crippen LogP contribution in [0.1, 0.15) is 23.6 Å². The van der Waals surface area contributed by atoms with E-state index >= 15 is 0 Å². The lowest BCUT2D eigenvalue weighted by atomic mass is 10.1. The minimum absolute atomic E-state index is 0.0637. The molecule has 6 nitrogen and oxygen atoms in total. The van der Waals surface area contributed by atoms with Crippen molar-refractivity contribution >= 4 is 34.0 Å². The minimum atomic E-state index is -0.412. The quantitative estimate of drug-likeness (QED) is 0.211. The lowest BCUT2D eigenvalue weighted by Crippen LogP contribution is -2.05. The number of benzene rings is 3. The van der Waals surface area contributed by atoms with Gasteiger partial charge in [-0.15, -0.1) is 0 Å². The number of aryl methyl sites for hydroxylation is 1. The Morgan fingerprint density at radius 2 is 1.80 bits per heavy atom. The maximum absolute atomic E-state index is 10.8. The van der Waals surface area contributed by atoms with Crippen LogP contribution < -0.4 is 14.8 Å². The molecular formula is C23H23IN2O4. The average Bonchev–Trinajstić information content (AvgIpc) is 2.72. The average molecular weight is 518 g/mol. The van der Waals surface area contributed by atoms with E-state index in [1.807, 2.05) is 25.1 Å². The smallest absolute Gasteiger partial charge is 0.269 e. The van der Waals surface area contributed by atoms with E-state index in [0.29, 0.717) is 31.3 Å². The first-order chi connectivity index (χ1) is 14.5. The molecule has 7 heteroatoms. The predicted molar refractivity (Wildman–Crippen MR) is 126 cm³/mol. The van der Waals surface area contributed by atoms with E-state index in [1.165, 1.54) is 17.7 Å². The molecule has 3 aromatic rings. The number of non-ortho nitro benzene ring substituents is 1. The zero-order valence-electron chi connectivity index (χ0n) is 16.9. The van der Waals surface area contributed by atoms with Crippen LogP contribution in [0.15, 0.2) is 60.7 Å². The number of hydrogen-bond acceptors (Lipinski definition) is 5. The molecule has 0 saturated heterocycles. The molecule has 0 aliphatic heterocycles. The van der Waals surface area contributed by atoms with Gasteiger partial charge < -0.3 is 14.8 Å². The largest absolute Gasteiger partial charge is 0.490 e. The Balaban J connectivity index is 1.73. The molecule has 0 heterocycles. The maximum atomic E-state index is 10.8. The third-order valence-electron chi connectivity index (χ3n) is 4.41. The summed E-state index contributed by atoms with van der Waals surface area (Å²) in [6.45, 7) is 5.50. The fraction of sp³-hybridized carbons (Fsp3) is 0.217. The highest BCUT2D eigenvalue weighted by molar-refractivity contribution is 14.1. The number of nitro groups is 1. The second-order valence-corrected chi connectivity index (χ2v) is 7.94. The fourth-order valence-corrected chi connectivity index (χ4v) is 3.78. The van der Waals surface area contributed by atoms with Crippen LogP contribution in [0.25, 0.3) is 0 Å². The third-order valence-corrected chi connectivity index (χ3v) is 5.22. The molecule has 0 atom stereocenters. The summed E-state index contributed by atoms with van der Waals surface area (Å²) in [5, 5.41) is 14.2. The van der Waals surface area contributed by atoms with Gasteiger partial charge in [-0.25, -0.2) is 0 Å². The van der Waals surface area contributed by atoms with Crippen LogP contribution in [0.3, 0.4) is 0 Å². The Morgan fingerprint density at radius 3 is 2.47 bits per heavy atom. The van der Waals surface area contributed by atoms with Gasteiger partial charge in [0.15, 0.2) is 11.5 Å². The maximum Gasteiger partial charge on any atom is 0.269 e. The summed E-state index contributed by atoms with van der Waals surface area (Å²) in [7, 11) is 0. The highest BCUT2D eigenvalue weighted by Gasteiger charge is 2.13. The highest BCUT2D eigenvalue weighted by Crippen LogP contribution is 2.35. The van der Waals surface area contributed by atoms with Gasteiger partial charge in [0.1, 0.15) is 6.61 Å². The monoisotopic (exact) mass is 518 g/mol. The van der Waals surface area contributed by atoms with Crippen LogP contribution in [-0.2, 0) is 13.2 Å². The zero-order valence-corrected chi connectivity index (χ0v) is 19.0. The van der Waals surface area contributed by atoms with E-state index in [4.69, 9.17) is 9.47 Å². The molecule has 0 radical (unpaired) electrons. The van der Waals surface area contributed by atoms with Gasteiger partial charge in [-0.1, -0.05) is 12.1 Å². The second-order valence-electron chi connectivity index (χ2n) is 6.77. The molecule has 0 bridgehead atoms. The van der Waals surface area contributed by atoms with Gasteiger partial charge in [0.2, 0.25) is 0 Å². The van der Waals surface area contributed by atoms with Gasteiger partial charge in [0.05, 0.1) is 15.1 Å². The summed E-state index contributed by atoms with van der Waals surface area (Å²) in [6, 6.07) is 18.7. The molecule has 1 N–H and O–H groups in total. The van der Waals surface area contributed by atoms with Crippen molar-refractivity contribution in [3.8, 4) is 11.5 Å². The van der Waals surface area contributed by atoms with Crippen molar-refractivity contribution < 1.29 is 14.4 Å². The van der Waals surface area contributed by atoms with Crippen LogP contribution in [0.4, 0.5) is 11.4 Å². The number of nitrogens with zero attached hydrogens (tertiary/aromatic N) is 1. The summed E-state index contributed by atoms with van der Waals surface area (Å²) in [6.07, 6.45) is 0. The Bertz CT molecular complexity index is 1020. The Hall–Kier alpha value is -2.81. The Labute approximate surface area is 189 Å². The molecule has 0 amide bonds. The number of anilines is 1. The van der Waals surface area contributed by atoms with E-state index in [0.717, 1.165) is 20.4 Å². The molecule has 0 spiro atoms. The van der Waals surface area contributed by atoms with Crippen LogP contribution >= 0.6 is 22.6 Å². The standard InChI is InChI=1S/C23H23IN2O4/c1-3-29-22-13-18(14-25-19-6-4-5-16(2)11-19)12-21(24)23(22)30-15-17-7-9-20(10-8-17)26(27)28/h4-13,25H,3,14-15H2,1-2H3. The van der Waals surface area contributed by atoms with Gasteiger partial charge in [-0.3, -0.25) is 10.1 Å². The number of rotatable bonds is 9. The Kier molecular flexibility index (Phi) is 7.51. The highest BCUT2D eigenvalue weighted by atomic mass is 127. The normalized spacial score (nSPS) is 10.5. The molecule has 0 aromatic heterocycles. The predicted octanol–water partition coefficient (Wildman–Crippen LogP) is 6.10. The van der Waals surface area contributed by atoms with Crippen LogP contribution in [0, 0.1) is 20.6 Å². The van der Waals surface area contributed by atoms with Crippen molar-refractivity contribution in [2.24, 2.45) is 0 Å². The van der Waals surface area contributed by atoms with Gasteiger partial charge in [0, 0.05) is 24.4 Å². The van der Waals surface area contributed by atoms with E-state index in [2.05, 4.69) is 53.0 Å². The molecule has 156 valence electrons. The van der Waals surface area contributed by atoms with E-state index in [9.17, 15) is 10.1 Å². The van der Waals surface area contributed by atoms with E-state index < -0.39 is 4.92 Å². The molecule has 30 heavy (non-hydrogen) atoms. The summed E-state index contributed by atoms with van der Waals surface area (Å²) in [5.41, 5.74) is 4.28. The van der Waals surface area contributed by atoms with Gasteiger partial charge in [-0.2, -0.15) is 0 Å². The summed E-state index contributed by atoms with van der Waals surface area (Å²) < 4.78 is 12.8. The lowest BCUT2D eigenvalue weighted by Gasteiger charge is -2.16. The summed E-state index contributed by atoms with van der Waals surface area (Å²) in [5.74, 6) is 1.36. The third kappa shape index (κ3) is 5.85. The first-order valence-corrected chi connectivity index (χ1v) is 10.7. The van der Waals surface area contributed by atoms with Gasteiger partial charge in [-0.05, 0) is 89.5 Å². The first kappa shape index (κ1) is 21.9. The molecule has 0 aliphatic rings. The zero-order chi connectivity index (χ0) is 21.5. The number of nitro benzene ring substituents is 1. The van der Waals surface area contributed by atoms with Gasteiger partial charge in [0.25, 0.3) is 5.69 Å². The SMILES string of the molecule is CCOc1cc(CNc2cccc(C)c2)cc(I)c1OCc1ccc([N+](=O)[O-])cc1. The first-order valence-electron chi connectivity index (χ1n) is 9.58. The van der Waals surface area contributed by atoms with Crippen molar-refractivity contribution in [2.45, 2.75) is 27.0 Å². The number of halogens is 1. The molecular weight excluding hydrogens is 495 g/mol. The van der Waals surface area contributed by atoms with Crippen molar-refractivity contribution in [1.82, 2.24) is 0 Å². The molecule has 0 aliphatic carbocycles. The van der Waals surface area contributed by atoms with Crippen molar-refractivity contribution in [3.63, 3.8) is 0 Å². The fourth-order valence-electron chi connectivity index (χ4n) is 2.96. The summed E-state index contributed by atoms with van der Waals surface area (Å²) in [4.78, 5) is 10.4. The number of ether oxygens (including phenoxy) is 2. The molecule has 3 rings (SSSR count). The lowest BCUT2D eigenvalue weighted by molar-refractivity contribution is -0.384. The van der Waals surface area contributed by atoms with Gasteiger partial charge >= 0.3 is 0 Å². The van der Waals surface area contributed by atoms with Crippen molar-refractivity contribution in [1.29, 1.82) is 0 Å². The minimum Gasteiger partial charge on any atom is -0.490 e. The van der Waals surface area contributed by atoms with Crippen molar-refractivity contribution in [2.75, 3.05) is 11.9 Å². The van der Waals surface area contributed by atoms with Crippen LogP contribution in [-0.4, -0.2) is 11.5 Å². The number of nitrogens with one attached hydrogen (secondary N) is 1. The van der Waals surface area contributed by atoms with E-state index in [-0.39, 0.29) is 5.69 Å². The number of hydrogen-bond donors (Lipinski definition) is 1. The second kappa shape index (κ2) is 10.3. The van der Waals surface area contributed by atoms with Crippen LogP contribution in [0.5, 0.6) is 11.5 Å². The molecule has 0 fully saturated rings. The van der Waals surface area contributed by atoms with Crippen LogP contribution in [0.2, 0.25) is 0 Å². The molecule has 0 saturated carbocycles. The van der Waals surface area contributed by atoms with Crippen molar-refractivity contribution in [3.05, 3.63) is 91.0 Å². The summed E-state index contributed by atoms with van der Waals surface area (Å²) >= 11 is 2.25. The topological polar surface area (TPSA) is 73.6 Å². The molecule has 0 unspecified atom stereocenters.